The summed E-state index contributed by atoms with van der Waals surface area (Å²) in [5.74, 6) is 0.525. The highest BCUT2D eigenvalue weighted by Gasteiger charge is 2.28. The summed E-state index contributed by atoms with van der Waals surface area (Å²) in [7, 11) is 1.93. The van der Waals surface area contributed by atoms with Crippen LogP contribution in [0.4, 0.5) is 5.69 Å². The minimum absolute atomic E-state index is 0. The van der Waals surface area contributed by atoms with Crippen molar-refractivity contribution in [2.75, 3.05) is 44.2 Å². The van der Waals surface area contributed by atoms with Crippen molar-refractivity contribution in [3.63, 3.8) is 0 Å². The van der Waals surface area contributed by atoms with Gasteiger partial charge >= 0.3 is 0 Å². The Bertz CT molecular complexity index is 468. The SMILES string of the molecule is Cl.Cl.Cn1cc(N2CCN(C(=O)C3CCCNC3)CC2)cn1. The topological polar surface area (TPSA) is 53.4 Å². The molecule has 0 radical (unpaired) electrons. The Morgan fingerprint density at radius 2 is 2.00 bits per heavy atom. The van der Waals surface area contributed by atoms with Crippen LogP contribution in [0.5, 0.6) is 0 Å². The molecular formula is C14H25Cl2N5O. The molecule has 22 heavy (non-hydrogen) atoms. The van der Waals surface area contributed by atoms with Crippen LogP contribution >= 0.6 is 24.8 Å². The van der Waals surface area contributed by atoms with Gasteiger partial charge in [-0.05, 0) is 19.4 Å². The van der Waals surface area contributed by atoms with Crippen LogP contribution in [0.2, 0.25) is 0 Å². The van der Waals surface area contributed by atoms with Gasteiger partial charge in [0.25, 0.3) is 0 Å². The number of carbonyl (C=O) groups excluding carboxylic acids is 1. The molecule has 3 rings (SSSR count). The number of halogens is 2. The maximum absolute atomic E-state index is 12.5. The number of nitrogens with zero attached hydrogens (tertiary/aromatic N) is 4. The summed E-state index contributed by atoms with van der Waals surface area (Å²) in [6, 6.07) is 0. The highest BCUT2D eigenvalue weighted by molar-refractivity contribution is 5.85. The van der Waals surface area contributed by atoms with E-state index in [9.17, 15) is 4.79 Å². The summed E-state index contributed by atoms with van der Waals surface area (Å²) in [6.07, 6.45) is 6.08. The van der Waals surface area contributed by atoms with Crippen LogP contribution in [0.25, 0.3) is 0 Å². The molecule has 3 heterocycles. The van der Waals surface area contributed by atoms with E-state index in [2.05, 4.69) is 15.3 Å². The quantitative estimate of drug-likeness (QED) is 0.862. The Morgan fingerprint density at radius 1 is 1.27 bits per heavy atom. The zero-order chi connectivity index (χ0) is 13.9. The molecular weight excluding hydrogens is 325 g/mol. The molecule has 2 aliphatic heterocycles. The molecule has 2 fully saturated rings. The number of anilines is 1. The number of carbonyl (C=O) groups is 1. The van der Waals surface area contributed by atoms with E-state index >= 15 is 0 Å². The van der Waals surface area contributed by atoms with Crippen molar-refractivity contribution in [1.82, 2.24) is 20.0 Å². The third-order valence-corrected chi connectivity index (χ3v) is 4.29. The average molecular weight is 350 g/mol. The molecule has 2 saturated heterocycles. The second-order valence-corrected chi connectivity index (χ2v) is 5.73. The second-order valence-electron chi connectivity index (χ2n) is 5.73. The molecule has 0 saturated carbocycles. The molecule has 0 aromatic carbocycles. The van der Waals surface area contributed by atoms with Gasteiger partial charge in [0.05, 0.1) is 17.8 Å². The fourth-order valence-electron chi connectivity index (χ4n) is 3.08. The Morgan fingerprint density at radius 3 is 2.55 bits per heavy atom. The maximum Gasteiger partial charge on any atom is 0.227 e. The van der Waals surface area contributed by atoms with E-state index in [-0.39, 0.29) is 30.7 Å². The lowest BCUT2D eigenvalue weighted by Crippen LogP contribution is -2.52. The monoisotopic (exact) mass is 349 g/mol. The zero-order valence-corrected chi connectivity index (χ0v) is 14.5. The first-order valence-electron chi connectivity index (χ1n) is 7.47. The number of nitrogens with one attached hydrogen (secondary N) is 1. The minimum Gasteiger partial charge on any atom is -0.365 e. The van der Waals surface area contributed by atoms with Crippen molar-refractivity contribution in [3.05, 3.63) is 12.4 Å². The number of hydrogen-bond acceptors (Lipinski definition) is 4. The van der Waals surface area contributed by atoms with Gasteiger partial charge in [-0.25, -0.2) is 0 Å². The van der Waals surface area contributed by atoms with Crippen LogP contribution in [-0.4, -0.2) is 59.9 Å². The summed E-state index contributed by atoms with van der Waals surface area (Å²) in [5, 5.41) is 7.53. The van der Waals surface area contributed by atoms with Crippen molar-refractivity contribution in [2.24, 2.45) is 13.0 Å². The van der Waals surface area contributed by atoms with E-state index in [1.165, 1.54) is 0 Å². The summed E-state index contributed by atoms with van der Waals surface area (Å²) in [4.78, 5) is 16.8. The van der Waals surface area contributed by atoms with Gasteiger partial charge in [-0.3, -0.25) is 9.48 Å². The van der Waals surface area contributed by atoms with Crippen LogP contribution < -0.4 is 10.2 Å². The summed E-state index contributed by atoms with van der Waals surface area (Å²) in [5.41, 5.74) is 1.15. The molecule has 0 aliphatic carbocycles. The van der Waals surface area contributed by atoms with Crippen LogP contribution in [-0.2, 0) is 11.8 Å². The van der Waals surface area contributed by atoms with Crippen LogP contribution in [0.3, 0.4) is 0 Å². The molecule has 1 N–H and O–H groups in total. The second kappa shape index (κ2) is 8.60. The van der Waals surface area contributed by atoms with E-state index in [4.69, 9.17) is 0 Å². The number of piperazine rings is 1. The summed E-state index contributed by atoms with van der Waals surface area (Å²) < 4.78 is 1.82. The van der Waals surface area contributed by atoms with Crippen molar-refractivity contribution in [1.29, 1.82) is 0 Å². The first-order valence-corrected chi connectivity index (χ1v) is 7.47. The van der Waals surface area contributed by atoms with Gasteiger partial charge < -0.3 is 15.1 Å². The molecule has 1 amide bonds. The third-order valence-electron chi connectivity index (χ3n) is 4.29. The Balaban J connectivity index is 0.00000121. The number of aryl methyl sites for hydroxylation is 1. The molecule has 2 aliphatic rings. The van der Waals surface area contributed by atoms with Gasteiger partial charge in [-0.1, -0.05) is 0 Å². The lowest BCUT2D eigenvalue weighted by atomic mass is 9.98. The molecule has 0 bridgehead atoms. The molecule has 1 aromatic heterocycles. The predicted molar refractivity (Wildman–Crippen MR) is 92.1 cm³/mol. The number of rotatable bonds is 2. The van der Waals surface area contributed by atoms with E-state index < -0.39 is 0 Å². The molecule has 0 spiro atoms. The standard InChI is InChI=1S/C14H23N5O.2ClH/c1-17-11-13(10-16-17)18-5-7-19(8-6-18)14(20)12-3-2-4-15-9-12;;/h10-12,15H,2-9H2,1H3;2*1H. The molecule has 6 nitrogen and oxygen atoms in total. The largest absolute Gasteiger partial charge is 0.365 e. The summed E-state index contributed by atoms with van der Waals surface area (Å²) in [6.45, 7) is 5.35. The maximum atomic E-state index is 12.5. The van der Waals surface area contributed by atoms with Gasteiger partial charge in [0.15, 0.2) is 0 Å². The zero-order valence-electron chi connectivity index (χ0n) is 12.9. The van der Waals surface area contributed by atoms with Crippen molar-refractivity contribution < 1.29 is 4.79 Å². The van der Waals surface area contributed by atoms with Gasteiger partial charge in [0.1, 0.15) is 0 Å². The van der Waals surface area contributed by atoms with Gasteiger partial charge in [0.2, 0.25) is 5.91 Å². The predicted octanol–water partition coefficient (Wildman–Crippen LogP) is 0.912. The number of piperidine rings is 1. The van der Waals surface area contributed by atoms with E-state index in [1.54, 1.807) is 0 Å². The number of hydrogen-bond donors (Lipinski definition) is 1. The fraction of sp³-hybridized carbons (Fsp3) is 0.714. The lowest BCUT2D eigenvalue weighted by Gasteiger charge is -2.37. The van der Waals surface area contributed by atoms with Gasteiger partial charge in [-0.15, -0.1) is 24.8 Å². The number of amides is 1. The first kappa shape index (κ1) is 19.1. The Labute approximate surface area is 144 Å². The van der Waals surface area contributed by atoms with E-state index in [0.29, 0.717) is 5.91 Å². The van der Waals surface area contributed by atoms with Crippen LogP contribution in [0.1, 0.15) is 12.8 Å². The highest BCUT2D eigenvalue weighted by Crippen LogP contribution is 2.18. The highest BCUT2D eigenvalue weighted by atomic mass is 35.5. The smallest absolute Gasteiger partial charge is 0.227 e. The van der Waals surface area contributed by atoms with E-state index in [1.807, 2.05) is 29.0 Å². The number of aromatic nitrogens is 2. The fourth-order valence-corrected chi connectivity index (χ4v) is 3.08. The summed E-state index contributed by atoms with van der Waals surface area (Å²) >= 11 is 0. The first-order chi connectivity index (χ1) is 9.74. The Hall–Kier alpha value is -0.980. The lowest BCUT2D eigenvalue weighted by molar-refractivity contribution is -0.136. The van der Waals surface area contributed by atoms with Crippen molar-refractivity contribution >= 4 is 36.4 Å². The van der Waals surface area contributed by atoms with Crippen LogP contribution in [0, 0.1) is 5.92 Å². The average Bonchev–Trinajstić information content (AvgIpc) is 2.94. The van der Waals surface area contributed by atoms with Crippen LogP contribution in [0.15, 0.2) is 12.4 Å². The molecule has 126 valence electrons. The molecule has 8 heteroatoms. The normalized spacial score (nSPS) is 21.8. The van der Waals surface area contributed by atoms with E-state index in [0.717, 1.165) is 57.8 Å². The molecule has 1 aromatic rings. The molecule has 1 unspecified atom stereocenters. The van der Waals surface area contributed by atoms with Gasteiger partial charge in [0, 0.05) is 46.0 Å². The van der Waals surface area contributed by atoms with Crippen molar-refractivity contribution in [3.8, 4) is 0 Å². The van der Waals surface area contributed by atoms with Crippen molar-refractivity contribution in [2.45, 2.75) is 12.8 Å². The Kier molecular flexibility index (Phi) is 7.45. The van der Waals surface area contributed by atoms with Gasteiger partial charge in [-0.2, -0.15) is 5.10 Å². The third kappa shape index (κ3) is 4.27. The minimum atomic E-state index is 0. The molecule has 1 atom stereocenters.